The lowest BCUT2D eigenvalue weighted by atomic mass is 9.92. The summed E-state index contributed by atoms with van der Waals surface area (Å²) in [7, 11) is 0. The van der Waals surface area contributed by atoms with Gasteiger partial charge in [0.25, 0.3) is 0 Å². The van der Waals surface area contributed by atoms with Crippen molar-refractivity contribution in [1.82, 2.24) is 15.1 Å². The van der Waals surface area contributed by atoms with Crippen LogP contribution in [-0.2, 0) is 9.59 Å². The van der Waals surface area contributed by atoms with Crippen molar-refractivity contribution in [2.45, 2.75) is 52.9 Å². The molecule has 5 heteroatoms. The number of nitrogens with one attached hydrogen (secondary N) is 1. The van der Waals surface area contributed by atoms with Crippen molar-refractivity contribution in [2.75, 3.05) is 39.3 Å². The lowest BCUT2D eigenvalue weighted by molar-refractivity contribution is -0.143. The lowest BCUT2D eigenvalue weighted by Crippen LogP contribution is -2.49. The van der Waals surface area contributed by atoms with E-state index in [2.05, 4.69) is 12.2 Å². The van der Waals surface area contributed by atoms with Gasteiger partial charge in [0.1, 0.15) is 0 Å². The third kappa shape index (κ3) is 4.95. The Morgan fingerprint density at radius 1 is 1.08 bits per heavy atom. The number of carbonyl (C=O) groups is 2. The summed E-state index contributed by atoms with van der Waals surface area (Å²) in [4.78, 5) is 29.2. The van der Waals surface area contributed by atoms with Gasteiger partial charge in [-0.15, -0.1) is 0 Å². The van der Waals surface area contributed by atoms with E-state index < -0.39 is 0 Å². The Morgan fingerprint density at radius 2 is 1.79 bits per heavy atom. The van der Waals surface area contributed by atoms with E-state index in [0.29, 0.717) is 12.5 Å². The van der Waals surface area contributed by atoms with Crippen LogP contribution in [0.4, 0.5) is 0 Å². The number of hydrogen-bond acceptors (Lipinski definition) is 3. The fourth-order valence-electron chi connectivity index (χ4n) is 3.83. The summed E-state index contributed by atoms with van der Waals surface area (Å²) in [6.07, 6.45) is 4.95. The first kappa shape index (κ1) is 19.2. The van der Waals surface area contributed by atoms with Crippen LogP contribution in [0.5, 0.6) is 0 Å². The molecule has 0 aliphatic carbocycles. The Morgan fingerprint density at radius 3 is 2.42 bits per heavy atom. The van der Waals surface area contributed by atoms with Gasteiger partial charge in [0.2, 0.25) is 11.8 Å². The van der Waals surface area contributed by atoms with Gasteiger partial charge in [0.05, 0.1) is 5.92 Å². The van der Waals surface area contributed by atoms with Crippen molar-refractivity contribution in [1.29, 1.82) is 0 Å². The molecule has 2 fully saturated rings. The molecule has 2 atom stereocenters. The predicted octanol–water partition coefficient (Wildman–Crippen LogP) is 2.12. The molecule has 2 aliphatic heterocycles. The van der Waals surface area contributed by atoms with Crippen LogP contribution in [0.15, 0.2) is 0 Å². The van der Waals surface area contributed by atoms with Crippen LogP contribution in [0.1, 0.15) is 52.9 Å². The first-order valence-corrected chi connectivity index (χ1v) is 9.85. The molecule has 2 rings (SSSR count). The van der Waals surface area contributed by atoms with Crippen molar-refractivity contribution in [3.05, 3.63) is 0 Å². The molecule has 0 bridgehead atoms. The number of nitrogens with zero attached hydrogens (tertiary/aromatic N) is 2. The maximum atomic E-state index is 12.9. The molecule has 2 heterocycles. The SMILES string of the molecule is CCNCC1CCN(C(=O)C2CCCN(C(=O)C(C)CC)C2)CC1. The molecule has 0 spiro atoms. The van der Waals surface area contributed by atoms with Gasteiger partial charge in [0.15, 0.2) is 0 Å². The van der Waals surface area contributed by atoms with Gasteiger partial charge in [-0.1, -0.05) is 20.8 Å². The highest BCUT2D eigenvalue weighted by Gasteiger charge is 2.33. The molecule has 0 saturated carbocycles. The number of amides is 2. The average molecular weight is 338 g/mol. The van der Waals surface area contributed by atoms with E-state index in [9.17, 15) is 9.59 Å². The van der Waals surface area contributed by atoms with Crippen molar-refractivity contribution in [3.8, 4) is 0 Å². The quantitative estimate of drug-likeness (QED) is 0.808. The molecule has 0 aromatic carbocycles. The van der Waals surface area contributed by atoms with E-state index in [0.717, 1.165) is 64.8 Å². The molecule has 0 aromatic heterocycles. The maximum absolute atomic E-state index is 12.9. The third-order valence-corrected chi connectivity index (χ3v) is 5.73. The normalized spacial score (nSPS) is 24.0. The first-order chi connectivity index (χ1) is 11.6. The summed E-state index contributed by atoms with van der Waals surface area (Å²) in [6.45, 7) is 11.5. The smallest absolute Gasteiger partial charge is 0.227 e. The molecule has 2 saturated heterocycles. The number of carbonyl (C=O) groups excluding carboxylic acids is 2. The van der Waals surface area contributed by atoms with Gasteiger partial charge >= 0.3 is 0 Å². The van der Waals surface area contributed by atoms with Crippen LogP contribution >= 0.6 is 0 Å². The first-order valence-electron chi connectivity index (χ1n) is 9.85. The minimum absolute atomic E-state index is 0.0112. The summed E-state index contributed by atoms with van der Waals surface area (Å²) in [5.74, 6) is 1.28. The fourth-order valence-corrected chi connectivity index (χ4v) is 3.83. The molecule has 0 radical (unpaired) electrons. The molecule has 2 aliphatic rings. The van der Waals surface area contributed by atoms with E-state index in [4.69, 9.17) is 0 Å². The standard InChI is InChI=1S/C19H35N3O2/c1-4-15(3)18(23)22-10-6-7-17(14-22)19(24)21-11-8-16(9-12-21)13-20-5-2/h15-17,20H,4-14H2,1-3H3. The number of rotatable bonds is 6. The Balaban J connectivity index is 1.83. The summed E-state index contributed by atoms with van der Waals surface area (Å²) in [6, 6.07) is 0. The molecule has 5 nitrogen and oxygen atoms in total. The summed E-state index contributed by atoms with van der Waals surface area (Å²) in [5, 5.41) is 3.41. The van der Waals surface area contributed by atoms with Crippen molar-refractivity contribution < 1.29 is 9.59 Å². The number of hydrogen-bond donors (Lipinski definition) is 1. The largest absolute Gasteiger partial charge is 0.342 e. The van der Waals surface area contributed by atoms with Gasteiger partial charge in [0, 0.05) is 32.1 Å². The minimum Gasteiger partial charge on any atom is -0.342 e. The van der Waals surface area contributed by atoms with Gasteiger partial charge in [-0.2, -0.15) is 0 Å². The topological polar surface area (TPSA) is 52.7 Å². The zero-order chi connectivity index (χ0) is 17.5. The van der Waals surface area contributed by atoms with E-state index in [1.165, 1.54) is 0 Å². The van der Waals surface area contributed by atoms with E-state index in [1.54, 1.807) is 0 Å². The number of likely N-dealkylation sites (tertiary alicyclic amines) is 2. The second-order valence-electron chi connectivity index (χ2n) is 7.51. The van der Waals surface area contributed by atoms with Crippen LogP contribution in [0.2, 0.25) is 0 Å². The van der Waals surface area contributed by atoms with Gasteiger partial charge in [-0.05, 0) is 51.1 Å². The minimum atomic E-state index is 0.0112. The Kier molecular flexibility index (Phi) is 7.53. The van der Waals surface area contributed by atoms with Crippen LogP contribution in [0.25, 0.3) is 0 Å². The Hall–Kier alpha value is -1.10. The van der Waals surface area contributed by atoms with Gasteiger partial charge < -0.3 is 15.1 Å². The molecule has 2 amide bonds. The lowest BCUT2D eigenvalue weighted by Gasteiger charge is -2.38. The molecule has 24 heavy (non-hydrogen) atoms. The summed E-state index contributed by atoms with van der Waals surface area (Å²) < 4.78 is 0. The predicted molar refractivity (Wildman–Crippen MR) is 96.6 cm³/mol. The zero-order valence-electron chi connectivity index (χ0n) is 15.7. The molecule has 1 N–H and O–H groups in total. The van der Waals surface area contributed by atoms with Crippen molar-refractivity contribution >= 4 is 11.8 Å². The fraction of sp³-hybridized carbons (Fsp3) is 0.895. The van der Waals surface area contributed by atoms with Crippen LogP contribution in [0, 0.1) is 17.8 Å². The summed E-state index contributed by atoms with van der Waals surface area (Å²) in [5.41, 5.74) is 0. The Labute approximate surface area is 147 Å². The third-order valence-electron chi connectivity index (χ3n) is 5.73. The van der Waals surface area contributed by atoms with Crippen molar-refractivity contribution in [3.63, 3.8) is 0 Å². The molecular formula is C19H35N3O2. The van der Waals surface area contributed by atoms with Crippen LogP contribution in [0.3, 0.4) is 0 Å². The van der Waals surface area contributed by atoms with Crippen LogP contribution in [-0.4, -0.2) is 60.9 Å². The molecule has 0 aromatic rings. The monoisotopic (exact) mass is 337 g/mol. The number of piperidine rings is 2. The van der Waals surface area contributed by atoms with E-state index in [1.807, 2.05) is 23.6 Å². The molecule has 2 unspecified atom stereocenters. The van der Waals surface area contributed by atoms with E-state index >= 15 is 0 Å². The average Bonchev–Trinajstić information content (AvgIpc) is 2.65. The zero-order valence-corrected chi connectivity index (χ0v) is 15.7. The highest BCUT2D eigenvalue weighted by atomic mass is 16.2. The van der Waals surface area contributed by atoms with Crippen molar-refractivity contribution in [2.24, 2.45) is 17.8 Å². The van der Waals surface area contributed by atoms with Crippen LogP contribution < -0.4 is 5.32 Å². The second-order valence-corrected chi connectivity index (χ2v) is 7.51. The Bertz CT molecular complexity index is 419. The second kappa shape index (κ2) is 9.40. The summed E-state index contributed by atoms with van der Waals surface area (Å²) >= 11 is 0. The molecular weight excluding hydrogens is 302 g/mol. The highest BCUT2D eigenvalue weighted by molar-refractivity contribution is 5.82. The van der Waals surface area contributed by atoms with Gasteiger partial charge in [-0.25, -0.2) is 0 Å². The van der Waals surface area contributed by atoms with Gasteiger partial charge in [-0.3, -0.25) is 9.59 Å². The molecule has 138 valence electrons. The maximum Gasteiger partial charge on any atom is 0.227 e. The highest BCUT2D eigenvalue weighted by Crippen LogP contribution is 2.24. The van der Waals surface area contributed by atoms with E-state index in [-0.39, 0.29) is 23.7 Å².